The minimum Gasteiger partial charge on any atom is -0.431 e. The maximum Gasteiger partial charge on any atom is 0.257 e. The Morgan fingerprint density at radius 1 is 1.56 bits per heavy atom. The first-order chi connectivity index (χ1) is 7.69. The van der Waals surface area contributed by atoms with Crippen molar-refractivity contribution >= 4 is 28.5 Å². The van der Waals surface area contributed by atoms with E-state index >= 15 is 0 Å². The van der Waals surface area contributed by atoms with Gasteiger partial charge in [0.05, 0.1) is 6.61 Å². The number of hydrogen-bond acceptors (Lipinski definition) is 5. The summed E-state index contributed by atoms with van der Waals surface area (Å²) in [5.74, 6) is 0. The number of thioether (sulfide) groups is 1. The van der Waals surface area contributed by atoms with Gasteiger partial charge in [-0.3, -0.25) is 0 Å². The van der Waals surface area contributed by atoms with Gasteiger partial charge in [0.15, 0.2) is 5.58 Å². The number of oxazole rings is 1. The van der Waals surface area contributed by atoms with Crippen molar-refractivity contribution in [3.8, 4) is 0 Å². The molecule has 0 bridgehead atoms. The number of hydrogen-bond donors (Lipinski definition) is 1. The van der Waals surface area contributed by atoms with Crippen molar-refractivity contribution in [1.82, 2.24) is 4.98 Å². The van der Waals surface area contributed by atoms with E-state index in [4.69, 9.17) is 14.9 Å². The molecule has 2 rings (SSSR count). The summed E-state index contributed by atoms with van der Waals surface area (Å²) >= 11 is 1.56. The zero-order valence-electron chi connectivity index (χ0n) is 9.27. The van der Waals surface area contributed by atoms with Crippen LogP contribution in [0.5, 0.6) is 0 Å². The van der Waals surface area contributed by atoms with E-state index in [2.05, 4.69) is 11.9 Å². The van der Waals surface area contributed by atoms with E-state index in [1.165, 1.54) is 0 Å². The van der Waals surface area contributed by atoms with Gasteiger partial charge in [-0.15, -0.1) is 0 Å². The summed E-state index contributed by atoms with van der Waals surface area (Å²) in [6, 6.07) is 5.46. The van der Waals surface area contributed by atoms with Crippen molar-refractivity contribution < 1.29 is 9.15 Å². The zero-order valence-corrected chi connectivity index (χ0v) is 10.1. The number of ether oxygens (including phenoxy) is 1. The molecule has 0 aliphatic rings. The van der Waals surface area contributed by atoms with Gasteiger partial charge in [-0.25, -0.2) is 4.98 Å². The Kier molecular flexibility index (Phi) is 3.36. The topological polar surface area (TPSA) is 61.3 Å². The number of benzene rings is 1. The molecule has 0 saturated carbocycles. The standard InChI is InChI=1S/C11H14N2O2S/c1-7(6-14-2)16-11-13-9-4-3-8(12)5-10(9)15-11/h3-5,7H,6,12H2,1-2H3. The van der Waals surface area contributed by atoms with Gasteiger partial charge in [0, 0.05) is 24.1 Å². The molecule has 0 saturated heterocycles. The van der Waals surface area contributed by atoms with Gasteiger partial charge in [-0.05, 0) is 12.1 Å². The van der Waals surface area contributed by atoms with Crippen LogP contribution in [-0.4, -0.2) is 24.0 Å². The van der Waals surface area contributed by atoms with E-state index in [1.807, 2.05) is 12.1 Å². The molecular formula is C11H14N2O2S. The molecule has 0 spiro atoms. The Labute approximate surface area is 98.2 Å². The molecule has 86 valence electrons. The fourth-order valence-electron chi connectivity index (χ4n) is 1.41. The molecule has 1 atom stereocenters. The van der Waals surface area contributed by atoms with Crippen molar-refractivity contribution in [3.63, 3.8) is 0 Å². The van der Waals surface area contributed by atoms with E-state index in [0.29, 0.717) is 22.8 Å². The van der Waals surface area contributed by atoms with Gasteiger partial charge < -0.3 is 14.9 Å². The zero-order chi connectivity index (χ0) is 11.5. The van der Waals surface area contributed by atoms with Gasteiger partial charge in [0.2, 0.25) is 0 Å². The second-order valence-corrected chi connectivity index (χ2v) is 4.98. The molecule has 0 aliphatic heterocycles. The Morgan fingerprint density at radius 3 is 3.12 bits per heavy atom. The normalized spacial score (nSPS) is 13.1. The lowest BCUT2D eigenvalue weighted by atomic mass is 10.3. The number of methoxy groups -OCH3 is 1. The number of fused-ring (bicyclic) bond motifs is 1. The van der Waals surface area contributed by atoms with Crippen LogP contribution in [0.25, 0.3) is 11.1 Å². The fraction of sp³-hybridized carbons (Fsp3) is 0.364. The summed E-state index contributed by atoms with van der Waals surface area (Å²) in [6.45, 7) is 2.74. The monoisotopic (exact) mass is 238 g/mol. The Hall–Kier alpha value is -1.20. The molecular weight excluding hydrogens is 224 g/mol. The highest BCUT2D eigenvalue weighted by Gasteiger charge is 2.10. The number of aromatic nitrogens is 1. The van der Waals surface area contributed by atoms with E-state index in [9.17, 15) is 0 Å². The first-order valence-electron chi connectivity index (χ1n) is 5.00. The summed E-state index contributed by atoms with van der Waals surface area (Å²) in [5.41, 5.74) is 7.92. The summed E-state index contributed by atoms with van der Waals surface area (Å²) in [6.07, 6.45) is 0. The highest BCUT2D eigenvalue weighted by atomic mass is 32.2. The van der Waals surface area contributed by atoms with Crippen LogP contribution in [0, 0.1) is 0 Å². The van der Waals surface area contributed by atoms with Crippen LogP contribution in [0.15, 0.2) is 27.8 Å². The predicted molar refractivity (Wildman–Crippen MR) is 65.6 cm³/mol. The molecule has 0 aliphatic carbocycles. The summed E-state index contributed by atoms with van der Waals surface area (Å²) < 4.78 is 10.6. The molecule has 0 amide bonds. The molecule has 2 N–H and O–H groups in total. The first-order valence-corrected chi connectivity index (χ1v) is 5.88. The maximum atomic E-state index is 5.67. The fourth-order valence-corrected chi connectivity index (χ4v) is 2.25. The van der Waals surface area contributed by atoms with Crippen LogP contribution in [0.3, 0.4) is 0 Å². The molecule has 16 heavy (non-hydrogen) atoms. The predicted octanol–water partition coefficient (Wildman–Crippen LogP) is 2.54. The molecule has 0 fully saturated rings. The van der Waals surface area contributed by atoms with E-state index < -0.39 is 0 Å². The number of nitrogens with two attached hydrogens (primary N) is 1. The van der Waals surface area contributed by atoms with Crippen LogP contribution in [0.4, 0.5) is 5.69 Å². The number of anilines is 1. The highest BCUT2D eigenvalue weighted by molar-refractivity contribution is 7.99. The van der Waals surface area contributed by atoms with Gasteiger partial charge in [-0.1, -0.05) is 18.7 Å². The SMILES string of the molecule is COCC(C)Sc1nc2ccc(N)cc2o1. The molecule has 1 unspecified atom stereocenters. The van der Waals surface area contributed by atoms with Crippen molar-refractivity contribution in [2.75, 3.05) is 19.5 Å². The van der Waals surface area contributed by atoms with E-state index in [0.717, 1.165) is 11.1 Å². The summed E-state index contributed by atoms with van der Waals surface area (Å²) in [4.78, 5) is 4.36. The van der Waals surface area contributed by atoms with Gasteiger partial charge in [0.1, 0.15) is 5.52 Å². The van der Waals surface area contributed by atoms with Crippen LogP contribution in [-0.2, 0) is 4.74 Å². The second-order valence-electron chi connectivity index (χ2n) is 3.59. The Morgan fingerprint density at radius 2 is 2.38 bits per heavy atom. The van der Waals surface area contributed by atoms with Gasteiger partial charge >= 0.3 is 0 Å². The van der Waals surface area contributed by atoms with Crippen LogP contribution in [0.2, 0.25) is 0 Å². The third-order valence-corrected chi connectivity index (χ3v) is 3.01. The number of rotatable bonds is 4. The quantitative estimate of drug-likeness (QED) is 0.655. The van der Waals surface area contributed by atoms with E-state index in [-0.39, 0.29) is 0 Å². The minimum absolute atomic E-state index is 0.315. The minimum atomic E-state index is 0.315. The smallest absolute Gasteiger partial charge is 0.257 e. The molecule has 2 aromatic rings. The maximum absolute atomic E-state index is 5.67. The van der Waals surface area contributed by atoms with Crippen molar-refractivity contribution in [2.24, 2.45) is 0 Å². The van der Waals surface area contributed by atoms with Gasteiger partial charge in [0.25, 0.3) is 5.22 Å². The second kappa shape index (κ2) is 4.76. The Balaban J connectivity index is 2.19. The molecule has 0 radical (unpaired) electrons. The number of nitrogens with zero attached hydrogens (tertiary/aromatic N) is 1. The largest absolute Gasteiger partial charge is 0.431 e. The molecule has 5 heteroatoms. The average molecular weight is 238 g/mol. The van der Waals surface area contributed by atoms with Crippen molar-refractivity contribution in [2.45, 2.75) is 17.4 Å². The van der Waals surface area contributed by atoms with Crippen molar-refractivity contribution in [3.05, 3.63) is 18.2 Å². The lowest BCUT2D eigenvalue weighted by molar-refractivity contribution is 0.202. The first kappa shape index (κ1) is 11.3. The lowest BCUT2D eigenvalue weighted by Gasteiger charge is -2.05. The van der Waals surface area contributed by atoms with Gasteiger partial charge in [-0.2, -0.15) is 0 Å². The third kappa shape index (κ3) is 2.48. The molecule has 1 aromatic carbocycles. The Bertz CT molecular complexity index is 484. The average Bonchev–Trinajstić information content (AvgIpc) is 2.59. The molecule has 1 aromatic heterocycles. The van der Waals surface area contributed by atoms with E-state index in [1.54, 1.807) is 24.9 Å². The molecule has 4 nitrogen and oxygen atoms in total. The van der Waals surface area contributed by atoms with Crippen LogP contribution >= 0.6 is 11.8 Å². The number of nitrogen functional groups attached to an aromatic ring is 1. The highest BCUT2D eigenvalue weighted by Crippen LogP contribution is 2.27. The lowest BCUT2D eigenvalue weighted by Crippen LogP contribution is -2.04. The summed E-state index contributed by atoms with van der Waals surface area (Å²) in [7, 11) is 1.68. The third-order valence-electron chi connectivity index (χ3n) is 2.10. The molecule has 1 heterocycles. The van der Waals surface area contributed by atoms with Crippen molar-refractivity contribution in [1.29, 1.82) is 0 Å². The van der Waals surface area contributed by atoms with Crippen LogP contribution in [0.1, 0.15) is 6.92 Å². The summed E-state index contributed by atoms with van der Waals surface area (Å²) in [5, 5.41) is 0.973. The van der Waals surface area contributed by atoms with Crippen LogP contribution < -0.4 is 5.73 Å².